The number of amides is 1. The van der Waals surface area contributed by atoms with Gasteiger partial charge < -0.3 is 5.32 Å². The molecule has 1 heterocycles. The Kier molecular flexibility index (Phi) is 4.45. The Morgan fingerprint density at radius 2 is 2.05 bits per heavy atom. The van der Waals surface area contributed by atoms with Crippen LogP contribution in [0.4, 0.5) is 5.69 Å². The largest absolute Gasteiger partial charge is 0.321 e. The lowest BCUT2D eigenvalue weighted by atomic mass is 10.2. The van der Waals surface area contributed by atoms with Crippen LogP contribution in [0, 0.1) is 6.92 Å². The van der Waals surface area contributed by atoms with Gasteiger partial charge in [0.2, 0.25) is 0 Å². The second-order valence-corrected chi connectivity index (χ2v) is 5.56. The van der Waals surface area contributed by atoms with Crippen LogP contribution in [-0.4, -0.2) is 10.9 Å². The van der Waals surface area contributed by atoms with Crippen LogP contribution in [0.2, 0.25) is 10.2 Å². The summed E-state index contributed by atoms with van der Waals surface area (Å²) in [6, 6.07) is 6.78. The highest BCUT2D eigenvalue weighted by Crippen LogP contribution is 2.23. The number of aryl methyl sites for hydroxylation is 1. The highest BCUT2D eigenvalue weighted by molar-refractivity contribution is 9.10. The van der Waals surface area contributed by atoms with Gasteiger partial charge in [-0.1, -0.05) is 23.2 Å². The number of carbonyl (C=O) groups excluding carboxylic acids is 1. The Morgan fingerprint density at radius 3 is 2.74 bits per heavy atom. The van der Waals surface area contributed by atoms with Gasteiger partial charge in [-0.25, -0.2) is 4.98 Å². The molecule has 2 rings (SSSR count). The first-order chi connectivity index (χ1) is 8.97. The first-order valence-electron chi connectivity index (χ1n) is 5.36. The van der Waals surface area contributed by atoms with Crippen molar-refractivity contribution < 1.29 is 4.79 Å². The summed E-state index contributed by atoms with van der Waals surface area (Å²) in [5, 5.41) is 3.66. The molecule has 1 amide bonds. The number of aromatic nitrogens is 1. The van der Waals surface area contributed by atoms with E-state index in [9.17, 15) is 4.79 Å². The lowest BCUT2D eigenvalue weighted by Gasteiger charge is -2.08. The fraction of sp³-hybridized carbons (Fsp3) is 0.0769. The standard InChI is InChI=1S/C13H9BrCl2N2O/c1-7-4-9(6-17-12(7)16)18-13(19)10-5-8(15)2-3-11(10)14/h2-6H,1H3,(H,18,19). The highest BCUT2D eigenvalue weighted by Gasteiger charge is 2.11. The van der Waals surface area contributed by atoms with Gasteiger partial charge in [-0.15, -0.1) is 0 Å². The smallest absolute Gasteiger partial charge is 0.256 e. The predicted octanol–water partition coefficient (Wildman–Crippen LogP) is 4.71. The number of hydrogen-bond donors (Lipinski definition) is 1. The molecule has 0 aliphatic heterocycles. The molecular formula is C13H9BrCl2N2O. The van der Waals surface area contributed by atoms with Crippen LogP contribution >= 0.6 is 39.1 Å². The van der Waals surface area contributed by atoms with Crippen LogP contribution in [0.25, 0.3) is 0 Å². The summed E-state index contributed by atoms with van der Waals surface area (Å²) in [4.78, 5) is 16.1. The first-order valence-corrected chi connectivity index (χ1v) is 6.91. The van der Waals surface area contributed by atoms with Gasteiger partial charge in [0, 0.05) is 9.50 Å². The minimum Gasteiger partial charge on any atom is -0.321 e. The number of nitrogens with zero attached hydrogens (tertiary/aromatic N) is 1. The van der Waals surface area contributed by atoms with Gasteiger partial charge in [0.05, 0.1) is 17.4 Å². The van der Waals surface area contributed by atoms with Gasteiger partial charge in [-0.3, -0.25) is 4.79 Å². The van der Waals surface area contributed by atoms with Gasteiger partial charge in [0.25, 0.3) is 5.91 Å². The zero-order valence-corrected chi connectivity index (χ0v) is 13.0. The summed E-state index contributed by atoms with van der Waals surface area (Å²) in [7, 11) is 0. The van der Waals surface area contributed by atoms with Gasteiger partial charge in [-0.05, 0) is 52.7 Å². The molecule has 0 aliphatic rings. The quantitative estimate of drug-likeness (QED) is 0.789. The maximum absolute atomic E-state index is 12.1. The minimum absolute atomic E-state index is 0.266. The molecule has 1 aromatic carbocycles. The van der Waals surface area contributed by atoms with Gasteiger partial charge in [0.15, 0.2) is 0 Å². The predicted molar refractivity (Wildman–Crippen MR) is 81.1 cm³/mol. The van der Waals surface area contributed by atoms with Crippen molar-refractivity contribution in [2.75, 3.05) is 5.32 Å². The van der Waals surface area contributed by atoms with E-state index in [0.717, 1.165) is 5.56 Å². The Bertz CT molecular complexity index is 647. The van der Waals surface area contributed by atoms with E-state index in [1.165, 1.54) is 6.20 Å². The molecule has 0 bridgehead atoms. The summed E-state index contributed by atoms with van der Waals surface area (Å²) in [5.74, 6) is -0.266. The van der Waals surface area contributed by atoms with Crippen molar-refractivity contribution in [3.05, 3.63) is 56.2 Å². The molecule has 2 aromatic rings. The number of pyridine rings is 1. The second kappa shape index (κ2) is 5.90. The van der Waals surface area contributed by atoms with E-state index < -0.39 is 0 Å². The summed E-state index contributed by atoms with van der Waals surface area (Å²) in [6.45, 7) is 1.82. The Balaban J connectivity index is 2.25. The van der Waals surface area contributed by atoms with E-state index in [1.807, 2.05) is 6.92 Å². The van der Waals surface area contributed by atoms with Crippen LogP contribution in [0.3, 0.4) is 0 Å². The number of halogens is 3. The fourth-order valence-corrected chi connectivity index (χ4v) is 2.20. The number of rotatable bonds is 2. The van der Waals surface area contributed by atoms with Crippen molar-refractivity contribution >= 4 is 50.7 Å². The zero-order chi connectivity index (χ0) is 14.0. The lowest BCUT2D eigenvalue weighted by molar-refractivity contribution is 0.102. The van der Waals surface area contributed by atoms with Crippen LogP contribution in [0.5, 0.6) is 0 Å². The number of hydrogen-bond acceptors (Lipinski definition) is 2. The highest BCUT2D eigenvalue weighted by atomic mass is 79.9. The van der Waals surface area contributed by atoms with Gasteiger partial charge >= 0.3 is 0 Å². The number of carbonyl (C=O) groups is 1. The number of benzene rings is 1. The molecule has 0 atom stereocenters. The van der Waals surface area contributed by atoms with Crippen molar-refractivity contribution in [1.82, 2.24) is 4.98 Å². The normalized spacial score (nSPS) is 10.3. The third-order valence-corrected chi connectivity index (χ3v) is 3.77. The van der Waals surface area contributed by atoms with Crippen molar-refractivity contribution in [2.45, 2.75) is 6.92 Å². The van der Waals surface area contributed by atoms with E-state index >= 15 is 0 Å². The average Bonchev–Trinajstić information content (AvgIpc) is 2.36. The summed E-state index contributed by atoms with van der Waals surface area (Å²) >= 11 is 15.0. The molecule has 0 saturated carbocycles. The van der Waals surface area contributed by atoms with Crippen molar-refractivity contribution in [1.29, 1.82) is 0 Å². The molecule has 1 aromatic heterocycles. The molecule has 0 fully saturated rings. The van der Waals surface area contributed by atoms with E-state index in [1.54, 1.807) is 24.3 Å². The average molecular weight is 360 g/mol. The van der Waals surface area contributed by atoms with Crippen molar-refractivity contribution in [2.24, 2.45) is 0 Å². The van der Waals surface area contributed by atoms with E-state index in [2.05, 4.69) is 26.2 Å². The van der Waals surface area contributed by atoms with Crippen LogP contribution in [-0.2, 0) is 0 Å². The Morgan fingerprint density at radius 1 is 1.32 bits per heavy atom. The zero-order valence-electron chi connectivity index (χ0n) is 9.88. The van der Waals surface area contributed by atoms with Crippen LogP contribution < -0.4 is 5.32 Å². The first kappa shape index (κ1) is 14.3. The molecule has 6 heteroatoms. The third-order valence-electron chi connectivity index (χ3n) is 2.45. The Hall–Kier alpha value is -1.10. The summed E-state index contributed by atoms with van der Waals surface area (Å²) < 4.78 is 0.674. The topological polar surface area (TPSA) is 42.0 Å². The van der Waals surface area contributed by atoms with Crippen LogP contribution in [0.15, 0.2) is 34.9 Å². The number of nitrogens with one attached hydrogen (secondary N) is 1. The molecule has 0 spiro atoms. The molecule has 3 nitrogen and oxygen atoms in total. The fourth-order valence-electron chi connectivity index (χ4n) is 1.50. The van der Waals surface area contributed by atoms with Gasteiger partial charge in [0.1, 0.15) is 5.15 Å². The SMILES string of the molecule is Cc1cc(NC(=O)c2cc(Cl)ccc2Br)cnc1Cl. The molecule has 0 saturated heterocycles. The maximum Gasteiger partial charge on any atom is 0.256 e. The molecule has 0 radical (unpaired) electrons. The molecule has 98 valence electrons. The molecule has 19 heavy (non-hydrogen) atoms. The van der Waals surface area contributed by atoms with Crippen LogP contribution in [0.1, 0.15) is 15.9 Å². The third kappa shape index (κ3) is 3.47. The molecule has 0 aliphatic carbocycles. The summed E-state index contributed by atoms with van der Waals surface area (Å²) in [5.41, 5.74) is 1.84. The monoisotopic (exact) mass is 358 g/mol. The van der Waals surface area contributed by atoms with Gasteiger partial charge in [-0.2, -0.15) is 0 Å². The molecule has 1 N–H and O–H groups in total. The Labute approximate surface area is 129 Å². The molecular weight excluding hydrogens is 351 g/mol. The van der Waals surface area contributed by atoms with E-state index in [0.29, 0.717) is 25.9 Å². The van der Waals surface area contributed by atoms with Crippen molar-refractivity contribution in [3.63, 3.8) is 0 Å². The number of anilines is 1. The second-order valence-electron chi connectivity index (χ2n) is 3.91. The van der Waals surface area contributed by atoms with E-state index in [4.69, 9.17) is 23.2 Å². The minimum atomic E-state index is -0.266. The maximum atomic E-state index is 12.1. The summed E-state index contributed by atoms with van der Waals surface area (Å²) in [6.07, 6.45) is 1.51. The van der Waals surface area contributed by atoms with Crippen molar-refractivity contribution in [3.8, 4) is 0 Å². The van der Waals surface area contributed by atoms with E-state index in [-0.39, 0.29) is 5.91 Å². The lowest BCUT2D eigenvalue weighted by Crippen LogP contribution is -2.13. The molecule has 0 unspecified atom stereocenters.